The van der Waals surface area contributed by atoms with Crippen molar-refractivity contribution < 1.29 is 9.84 Å². The van der Waals surface area contributed by atoms with Gasteiger partial charge in [-0.2, -0.15) is 0 Å². The van der Waals surface area contributed by atoms with Gasteiger partial charge in [-0.25, -0.2) is 4.98 Å². The maximum atomic E-state index is 10.3. The number of para-hydroxylation sites is 1. The number of benzene rings is 1. The highest BCUT2D eigenvalue weighted by Gasteiger charge is 2.21. The Bertz CT molecular complexity index is 594. The quantitative estimate of drug-likeness (QED) is 0.822. The summed E-state index contributed by atoms with van der Waals surface area (Å²) in [5, 5.41) is 14.7. The molecule has 0 fully saturated rings. The Kier molecular flexibility index (Phi) is 5.15. The SMILES string of the molecule is CCC(O)(CC)CNCc1cc2ccccc2nc1OC. The highest BCUT2D eigenvalue weighted by atomic mass is 16.5. The van der Waals surface area contributed by atoms with Crippen LogP contribution in [0.5, 0.6) is 5.88 Å². The minimum Gasteiger partial charge on any atom is -0.481 e. The minimum atomic E-state index is -0.641. The Morgan fingerprint density at radius 2 is 1.95 bits per heavy atom. The molecule has 1 heterocycles. The van der Waals surface area contributed by atoms with Gasteiger partial charge >= 0.3 is 0 Å². The van der Waals surface area contributed by atoms with Gasteiger partial charge in [0.05, 0.1) is 18.2 Å². The zero-order chi connectivity index (χ0) is 15.3. The van der Waals surface area contributed by atoms with Gasteiger partial charge in [0, 0.05) is 24.0 Å². The van der Waals surface area contributed by atoms with E-state index >= 15 is 0 Å². The van der Waals surface area contributed by atoms with Gasteiger partial charge in [0.25, 0.3) is 0 Å². The van der Waals surface area contributed by atoms with Gasteiger partial charge in [-0.05, 0) is 25.0 Å². The molecule has 4 nitrogen and oxygen atoms in total. The smallest absolute Gasteiger partial charge is 0.218 e. The number of pyridine rings is 1. The van der Waals surface area contributed by atoms with Crippen LogP contribution in [0.15, 0.2) is 30.3 Å². The Labute approximate surface area is 126 Å². The van der Waals surface area contributed by atoms with Crippen molar-refractivity contribution in [2.24, 2.45) is 0 Å². The van der Waals surface area contributed by atoms with Crippen molar-refractivity contribution in [3.63, 3.8) is 0 Å². The monoisotopic (exact) mass is 288 g/mol. The lowest BCUT2D eigenvalue weighted by Crippen LogP contribution is -2.39. The maximum Gasteiger partial charge on any atom is 0.218 e. The number of hydrogen-bond donors (Lipinski definition) is 2. The third-order valence-corrected chi connectivity index (χ3v) is 4.04. The predicted octanol–water partition coefficient (Wildman–Crippen LogP) is 2.88. The first-order valence-corrected chi connectivity index (χ1v) is 7.47. The van der Waals surface area contributed by atoms with E-state index in [2.05, 4.69) is 16.4 Å². The van der Waals surface area contributed by atoms with Gasteiger partial charge in [0.15, 0.2) is 0 Å². The maximum absolute atomic E-state index is 10.3. The molecule has 0 aliphatic heterocycles. The molecule has 21 heavy (non-hydrogen) atoms. The van der Waals surface area contributed by atoms with E-state index in [1.54, 1.807) is 7.11 Å². The molecule has 2 aromatic rings. The number of hydrogen-bond acceptors (Lipinski definition) is 4. The number of methoxy groups -OCH3 is 1. The highest BCUT2D eigenvalue weighted by molar-refractivity contribution is 5.80. The molecule has 2 rings (SSSR count). The van der Waals surface area contributed by atoms with Gasteiger partial charge in [-0.1, -0.05) is 32.0 Å². The fraction of sp³-hybridized carbons (Fsp3) is 0.471. The van der Waals surface area contributed by atoms with Crippen molar-refractivity contribution in [1.82, 2.24) is 10.3 Å². The van der Waals surface area contributed by atoms with Crippen LogP contribution in [0.4, 0.5) is 0 Å². The normalized spacial score (nSPS) is 11.8. The standard InChI is InChI=1S/C17H24N2O2/c1-4-17(20,5-2)12-18-11-14-10-13-8-6-7-9-15(13)19-16(14)21-3/h6-10,18,20H,4-5,11-12H2,1-3H3. The molecular formula is C17H24N2O2. The Balaban J connectivity index is 2.14. The Hall–Kier alpha value is -1.65. The number of nitrogens with one attached hydrogen (secondary N) is 1. The number of aliphatic hydroxyl groups is 1. The second kappa shape index (κ2) is 6.87. The second-order valence-corrected chi connectivity index (χ2v) is 5.38. The van der Waals surface area contributed by atoms with Crippen LogP contribution in [-0.2, 0) is 6.54 Å². The summed E-state index contributed by atoms with van der Waals surface area (Å²) in [6.45, 7) is 5.20. The first kappa shape index (κ1) is 15.7. The fourth-order valence-electron chi connectivity index (χ4n) is 2.38. The van der Waals surface area contributed by atoms with Crippen LogP contribution in [0, 0.1) is 0 Å². The zero-order valence-electron chi connectivity index (χ0n) is 13.0. The Morgan fingerprint density at radius 1 is 1.24 bits per heavy atom. The molecule has 0 unspecified atom stereocenters. The molecule has 0 saturated carbocycles. The summed E-state index contributed by atoms with van der Waals surface area (Å²) in [6.07, 6.45) is 1.48. The molecule has 1 aromatic heterocycles. The van der Waals surface area contributed by atoms with E-state index in [-0.39, 0.29) is 0 Å². The van der Waals surface area contributed by atoms with E-state index in [0.29, 0.717) is 19.0 Å². The number of nitrogens with zero attached hydrogens (tertiary/aromatic N) is 1. The molecule has 0 aliphatic rings. The van der Waals surface area contributed by atoms with Gasteiger partial charge < -0.3 is 15.2 Å². The van der Waals surface area contributed by atoms with Crippen molar-refractivity contribution in [3.05, 3.63) is 35.9 Å². The number of aromatic nitrogens is 1. The van der Waals surface area contributed by atoms with Crippen LogP contribution in [0.3, 0.4) is 0 Å². The predicted molar refractivity (Wildman–Crippen MR) is 85.5 cm³/mol. The molecule has 0 bridgehead atoms. The summed E-state index contributed by atoms with van der Waals surface area (Å²) in [4.78, 5) is 4.52. The van der Waals surface area contributed by atoms with Crippen LogP contribution in [0.25, 0.3) is 10.9 Å². The van der Waals surface area contributed by atoms with Crippen molar-refractivity contribution >= 4 is 10.9 Å². The van der Waals surface area contributed by atoms with Crippen molar-refractivity contribution in [3.8, 4) is 5.88 Å². The summed E-state index contributed by atoms with van der Waals surface area (Å²) >= 11 is 0. The molecule has 0 spiro atoms. The number of rotatable bonds is 7. The minimum absolute atomic E-state index is 0.565. The van der Waals surface area contributed by atoms with Gasteiger partial charge in [0.1, 0.15) is 0 Å². The van der Waals surface area contributed by atoms with Crippen molar-refractivity contribution in [2.45, 2.75) is 38.8 Å². The zero-order valence-corrected chi connectivity index (χ0v) is 13.0. The van der Waals surface area contributed by atoms with Crippen molar-refractivity contribution in [2.75, 3.05) is 13.7 Å². The molecular weight excluding hydrogens is 264 g/mol. The lowest BCUT2D eigenvalue weighted by atomic mass is 9.97. The molecule has 0 amide bonds. The second-order valence-electron chi connectivity index (χ2n) is 5.38. The first-order valence-electron chi connectivity index (χ1n) is 7.47. The van der Waals surface area contributed by atoms with E-state index in [0.717, 1.165) is 29.3 Å². The van der Waals surface area contributed by atoms with E-state index in [4.69, 9.17) is 4.74 Å². The topological polar surface area (TPSA) is 54.4 Å². The van der Waals surface area contributed by atoms with E-state index in [9.17, 15) is 5.11 Å². The van der Waals surface area contributed by atoms with Gasteiger partial charge in [0.2, 0.25) is 5.88 Å². The molecule has 2 N–H and O–H groups in total. The summed E-state index contributed by atoms with van der Waals surface area (Å²) in [7, 11) is 1.63. The summed E-state index contributed by atoms with van der Waals surface area (Å²) in [5.74, 6) is 0.637. The van der Waals surface area contributed by atoms with E-state index in [1.165, 1.54) is 0 Å². The molecule has 4 heteroatoms. The molecule has 1 aromatic carbocycles. The lowest BCUT2D eigenvalue weighted by molar-refractivity contribution is 0.0322. The molecule has 0 radical (unpaired) electrons. The first-order chi connectivity index (χ1) is 10.1. The largest absolute Gasteiger partial charge is 0.481 e. The average molecular weight is 288 g/mol. The van der Waals surface area contributed by atoms with E-state index in [1.807, 2.05) is 38.1 Å². The van der Waals surface area contributed by atoms with Crippen molar-refractivity contribution in [1.29, 1.82) is 0 Å². The molecule has 0 saturated heterocycles. The third kappa shape index (κ3) is 3.71. The Morgan fingerprint density at radius 3 is 2.62 bits per heavy atom. The average Bonchev–Trinajstić information content (AvgIpc) is 2.53. The van der Waals surface area contributed by atoms with Gasteiger partial charge in [-0.15, -0.1) is 0 Å². The molecule has 0 aliphatic carbocycles. The van der Waals surface area contributed by atoms with Crippen LogP contribution in [-0.4, -0.2) is 29.3 Å². The number of ether oxygens (including phenoxy) is 1. The summed E-state index contributed by atoms with van der Waals surface area (Å²) < 4.78 is 5.38. The summed E-state index contributed by atoms with van der Waals surface area (Å²) in [6, 6.07) is 10.1. The van der Waals surface area contributed by atoms with Crippen LogP contribution >= 0.6 is 0 Å². The third-order valence-electron chi connectivity index (χ3n) is 4.04. The van der Waals surface area contributed by atoms with E-state index < -0.39 is 5.60 Å². The van der Waals surface area contributed by atoms with Crippen LogP contribution in [0.2, 0.25) is 0 Å². The lowest BCUT2D eigenvalue weighted by Gasteiger charge is -2.25. The summed E-state index contributed by atoms with van der Waals surface area (Å²) in [5.41, 5.74) is 1.29. The molecule has 114 valence electrons. The van der Waals surface area contributed by atoms with Crippen LogP contribution < -0.4 is 10.1 Å². The number of fused-ring (bicyclic) bond motifs is 1. The van der Waals surface area contributed by atoms with Gasteiger partial charge in [-0.3, -0.25) is 0 Å². The van der Waals surface area contributed by atoms with Crippen LogP contribution in [0.1, 0.15) is 32.3 Å². The fourth-order valence-corrected chi connectivity index (χ4v) is 2.38. The highest BCUT2D eigenvalue weighted by Crippen LogP contribution is 2.22. The molecule has 0 atom stereocenters.